The Bertz CT molecular complexity index is 1840. The second-order valence-electron chi connectivity index (χ2n) is 13.6. The fourth-order valence-corrected chi connectivity index (χ4v) is 7.62. The van der Waals surface area contributed by atoms with E-state index in [1.165, 1.54) is 0 Å². The molecule has 11 heteroatoms. The summed E-state index contributed by atoms with van der Waals surface area (Å²) in [6.07, 6.45) is 7.91. The molecule has 5 aliphatic rings. The molecule has 3 saturated heterocycles. The Kier molecular flexibility index (Phi) is 6.18. The summed E-state index contributed by atoms with van der Waals surface area (Å²) in [6, 6.07) is 12.1. The highest BCUT2D eigenvalue weighted by molar-refractivity contribution is 5.96. The summed E-state index contributed by atoms with van der Waals surface area (Å²) in [4.78, 5) is 63.6. The molecule has 2 saturated carbocycles. The van der Waals surface area contributed by atoms with Crippen LogP contribution >= 0.6 is 0 Å². The minimum Gasteiger partial charge on any atom is -0.340 e. The Hall–Kier alpha value is -4.41. The minimum atomic E-state index is -0.0170. The molecule has 0 unspecified atom stereocenters. The van der Waals surface area contributed by atoms with Crippen molar-refractivity contribution >= 4 is 45.6 Å². The molecule has 232 valence electrons. The van der Waals surface area contributed by atoms with Crippen LogP contribution in [0.3, 0.4) is 0 Å². The number of rotatable bonds is 7. The number of nitrogens with one attached hydrogen (secondary N) is 2. The molecule has 2 aliphatic carbocycles. The van der Waals surface area contributed by atoms with Crippen molar-refractivity contribution < 1.29 is 14.4 Å². The maximum Gasteiger partial charge on any atom is 0.324 e. The molecule has 0 bridgehead atoms. The predicted octanol–water partition coefficient (Wildman–Crippen LogP) is 5.03. The number of carbonyl (C=O) groups is 3. The van der Waals surface area contributed by atoms with Gasteiger partial charge in [-0.05, 0) is 87.3 Å². The quantitative estimate of drug-likeness (QED) is 0.306. The molecule has 3 aliphatic heterocycles. The Morgan fingerprint density at radius 3 is 1.89 bits per heavy atom. The molecule has 5 fully saturated rings. The van der Waals surface area contributed by atoms with Crippen molar-refractivity contribution in [1.82, 2.24) is 34.6 Å². The number of hydrogen-bond donors (Lipinski definition) is 2. The first kappa shape index (κ1) is 26.9. The molecule has 2 aromatic heterocycles. The third-order valence-electron chi connectivity index (χ3n) is 10.4. The largest absolute Gasteiger partial charge is 0.340 e. The molecule has 2 atom stereocenters. The summed E-state index contributed by atoms with van der Waals surface area (Å²) < 4.78 is 0. The second kappa shape index (κ2) is 10.3. The number of nitrogens with zero attached hydrogens (tertiary/aromatic N) is 6. The van der Waals surface area contributed by atoms with Crippen LogP contribution in [-0.4, -0.2) is 78.7 Å². The number of aromatic amines is 2. The van der Waals surface area contributed by atoms with Gasteiger partial charge in [0.1, 0.15) is 11.6 Å². The molecule has 2 N–H and O–H groups in total. The van der Waals surface area contributed by atoms with Gasteiger partial charge in [0, 0.05) is 50.2 Å². The molecular weight excluding hydrogens is 568 g/mol. The van der Waals surface area contributed by atoms with E-state index in [1.807, 2.05) is 49.9 Å². The molecule has 11 nitrogen and oxygen atoms in total. The van der Waals surface area contributed by atoms with Crippen LogP contribution in [0.15, 0.2) is 36.4 Å². The molecule has 2 aromatic carbocycles. The monoisotopic (exact) mass is 606 g/mol. The van der Waals surface area contributed by atoms with Gasteiger partial charge in [0.15, 0.2) is 0 Å². The van der Waals surface area contributed by atoms with Gasteiger partial charge in [0.2, 0.25) is 11.8 Å². The van der Waals surface area contributed by atoms with Crippen LogP contribution in [0.25, 0.3) is 22.1 Å². The van der Waals surface area contributed by atoms with Crippen molar-refractivity contribution in [3.05, 3.63) is 53.6 Å². The van der Waals surface area contributed by atoms with Crippen LogP contribution < -0.4 is 4.90 Å². The Balaban J connectivity index is 0.894. The first-order chi connectivity index (χ1) is 22.0. The maximum atomic E-state index is 13.6. The van der Waals surface area contributed by atoms with Crippen LogP contribution in [-0.2, 0) is 16.1 Å². The van der Waals surface area contributed by atoms with E-state index in [2.05, 4.69) is 16.0 Å². The SMILES string of the molecule is O=C1N(Cc2ccc3nc([C@H]4CCCN4C(=O)C4CC4)[nH]c3c2)CCN1c1ccc2nc([C@H]3CCCN3C(=O)C3CC3)[nH]c2c1. The molecule has 45 heavy (non-hydrogen) atoms. The topological polar surface area (TPSA) is 122 Å². The zero-order valence-corrected chi connectivity index (χ0v) is 25.4. The minimum absolute atomic E-state index is 0.00322. The maximum absolute atomic E-state index is 13.6. The second-order valence-corrected chi connectivity index (χ2v) is 13.6. The number of anilines is 1. The highest BCUT2D eigenvalue weighted by Gasteiger charge is 2.41. The number of H-pyrrole nitrogens is 2. The first-order valence-corrected chi connectivity index (χ1v) is 16.7. The van der Waals surface area contributed by atoms with Crippen molar-refractivity contribution in [2.45, 2.75) is 70.0 Å². The van der Waals surface area contributed by atoms with Gasteiger partial charge in [-0.15, -0.1) is 0 Å². The smallest absolute Gasteiger partial charge is 0.324 e. The number of hydrogen-bond acceptors (Lipinski definition) is 5. The average Bonchev–Trinajstić information content (AvgIpc) is 3.76. The Morgan fingerprint density at radius 2 is 1.29 bits per heavy atom. The highest BCUT2D eigenvalue weighted by atomic mass is 16.2. The first-order valence-electron chi connectivity index (χ1n) is 16.7. The van der Waals surface area contributed by atoms with Gasteiger partial charge < -0.3 is 24.7 Å². The summed E-state index contributed by atoms with van der Waals surface area (Å²) in [7, 11) is 0. The van der Waals surface area contributed by atoms with Crippen LogP contribution in [0.2, 0.25) is 0 Å². The van der Waals surface area contributed by atoms with Gasteiger partial charge in [0.25, 0.3) is 0 Å². The lowest BCUT2D eigenvalue weighted by Crippen LogP contribution is -2.32. The molecule has 4 amide bonds. The average molecular weight is 607 g/mol. The van der Waals surface area contributed by atoms with Crippen molar-refractivity contribution in [1.29, 1.82) is 0 Å². The number of likely N-dealkylation sites (tertiary alicyclic amines) is 2. The zero-order chi connectivity index (χ0) is 30.2. The third-order valence-corrected chi connectivity index (χ3v) is 10.4. The molecule has 0 spiro atoms. The van der Waals surface area contributed by atoms with Crippen molar-refractivity contribution in [3.63, 3.8) is 0 Å². The van der Waals surface area contributed by atoms with Gasteiger partial charge in [-0.2, -0.15) is 0 Å². The molecule has 0 radical (unpaired) electrons. The van der Waals surface area contributed by atoms with Crippen LogP contribution in [0.1, 0.15) is 80.7 Å². The van der Waals surface area contributed by atoms with Crippen LogP contribution in [0.5, 0.6) is 0 Å². The lowest BCUT2D eigenvalue weighted by Gasteiger charge is -2.23. The highest BCUT2D eigenvalue weighted by Crippen LogP contribution is 2.40. The Morgan fingerprint density at radius 1 is 0.711 bits per heavy atom. The van der Waals surface area contributed by atoms with Crippen molar-refractivity contribution in [2.75, 3.05) is 31.1 Å². The fourth-order valence-electron chi connectivity index (χ4n) is 7.62. The molecule has 5 heterocycles. The number of aromatic nitrogens is 4. The zero-order valence-electron chi connectivity index (χ0n) is 25.4. The van der Waals surface area contributed by atoms with E-state index >= 15 is 0 Å². The van der Waals surface area contributed by atoms with E-state index in [0.29, 0.717) is 19.6 Å². The fraction of sp³-hybridized carbons (Fsp3) is 0.500. The number of amides is 4. The number of imidazole rings is 2. The molecule has 4 aromatic rings. The summed E-state index contributed by atoms with van der Waals surface area (Å²) in [5, 5.41) is 0. The lowest BCUT2D eigenvalue weighted by molar-refractivity contribution is -0.134. The molecular formula is C34H38N8O3. The normalized spacial score (nSPS) is 23.8. The van der Waals surface area contributed by atoms with E-state index in [9.17, 15) is 14.4 Å². The predicted molar refractivity (Wildman–Crippen MR) is 168 cm³/mol. The standard InChI is InChI=1S/C34H38N8O3/c43-32(21-6-7-21)41-13-1-3-28(41)30-35-24-11-5-20(17-26(24)37-30)19-39-15-16-40(34(39)45)23-10-12-25-27(18-23)38-31(36-25)29-4-2-14-42(29)33(44)22-8-9-22/h5,10-12,17-18,21-22,28-29H,1-4,6-9,13-16,19H2,(H,35,37)(H,36,38)/t28-,29-/m1/s1. The summed E-state index contributed by atoms with van der Waals surface area (Å²) >= 11 is 0. The van der Waals surface area contributed by atoms with E-state index in [4.69, 9.17) is 9.97 Å². The third kappa shape index (κ3) is 4.74. The summed E-state index contributed by atoms with van der Waals surface area (Å²) in [5.74, 6) is 2.68. The van der Waals surface area contributed by atoms with Gasteiger partial charge >= 0.3 is 6.03 Å². The summed E-state index contributed by atoms with van der Waals surface area (Å²) in [6.45, 7) is 3.37. The number of carbonyl (C=O) groups excluding carboxylic acids is 3. The Labute approximate surface area is 261 Å². The van der Waals surface area contributed by atoms with E-state index in [1.54, 1.807) is 0 Å². The van der Waals surface area contributed by atoms with Gasteiger partial charge in [-0.25, -0.2) is 14.8 Å². The molecule has 9 rings (SSSR count). The lowest BCUT2D eigenvalue weighted by atomic mass is 10.2. The van der Waals surface area contributed by atoms with Crippen molar-refractivity contribution in [2.24, 2.45) is 11.8 Å². The van der Waals surface area contributed by atoms with Gasteiger partial charge in [0.05, 0.1) is 34.2 Å². The number of benzene rings is 2. The van der Waals surface area contributed by atoms with E-state index in [-0.39, 0.29) is 41.8 Å². The van der Waals surface area contributed by atoms with Crippen LogP contribution in [0.4, 0.5) is 10.5 Å². The van der Waals surface area contributed by atoms with Gasteiger partial charge in [-0.3, -0.25) is 14.5 Å². The van der Waals surface area contributed by atoms with Crippen LogP contribution in [0, 0.1) is 11.8 Å². The van der Waals surface area contributed by atoms with E-state index < -0.39 is 0 Å². The summed E-state index contributed by atoms with van der Waals surface area (Å²) in [5.41, 5.74) is 5.46. The number of fused-ring (bicyclic) bond motifs is 2. The number of urea groups is 1. The van der Waals surface area contributed by atoms with Gasteiger partial charge in [-0.1, -0.05) is 6.07 Å². The van der Waals surface area contributed by atoms with E-state index in [0.717, 1.165) is 109 Å². The van der Waals surface area contributed by atoms with Crippen molar-refractivity contribution in [3.8, 4) is 0 Å².